The second kappa shape index (κ2) is 8.15. The van der Waals surface area contributed by atoms with E-state index < -0.39 is 5.97 Å². The zero-order valence-electron chi connectivity index (χ0n) is 18.8. The molecular formula is C25H23N7O3. The zero-order valence-corrected chi connectivity index (χ0v) is 18.8. The molecule has 35 heavy (non-hydrogen) atoms. The molecule has 1 aromatic carbocycles. The van der Waals surface area contributed by atoms with Crippen LogP contribution in [0, 0.1) is 11.3 Å². The predicted octanol–water partition coefficient (Wildman–Crippen LogP) is 3.21. The lowest BCUT2D eigenvalue weighted by molar-refractivity contribution is -0.139. The van der Waals surface area contributed by atoms with E-state index in [1.165, 1.54) is 6.20 Å². The Bertz CT molecular complexity index is 1460. The summed E-state index contributed by atoms with van der Waals surface area (Å²) >= 11 is 0. The number of benzene rings is 1. The van der Waals surface area contributed by atoms with Crippen molar-refractivity contribution in [1.29, 1.82) is 0 Å². The number of pyridine rings is 1. The molecule has 2 aliphatic rings. The lowest BCUT2D eigenvalue weighted by Gasteiger charge is -2.33. The van der Waals surface area contributed by atoms with Crippen LogP contribution in [0.25, 0.3) is 22.3 Å². The van der Waals surface area contributed by atoms with Crippen molar-refractivity contribution in [3.05, 3.63) is 65.2 Å². The molecule has 0 amide bonds. The Morgan fingerprint density at radius 2 is 1.89 bits per heavy atom. The largest absolute Gasteiger partial charge is 0.481 e. The average molecular weight is 470 g/mol. The van der Waals surface area contributed by atoms with Gasteiger partial charge in [0.25, 0.3) is 5.56 Å². The van der Waals surface area contributed by atoms with E-state index in [0.29, 0.717) is 28.2 Å². The number of carboxylic acids is 1. The minimum absolute atomic E-state index is 0.0176. The van der Waals surface area contributed by atoms with Gasteiger partial charge in [-0.15, -0.1) is 0 Å². The first-order valence-electron chi connectivity index (χ1n) is 11.5. The maximum absolute atomic E-state index is 12.5. The number of anilines is 3. The van der Waals surface area contributed by atoms with Crippen molar-refractivity contribution in [2.24, 2.45) is 11.3 Å². The maximum atomic E-state index is 12.5. The maximum Gasteiger partial charge on any atom is 0.307 e. The van der Waals surface area contributed by atoms with Crippen molar-refractivity contribution in [3.63, 3.8) is 0 Å². The Balaban J connectivity index is 1.24. The van der Waals surface area contributed by atoms with Crippen LogP contribution in [-0.4, -0.2) is 49.3 Å². The van der Waals surface area contributed by atoms with Crippen LogP contribution >= 0.6 is 0 Å². The van der Waals surface area contributed by atoms with Gasteiger partial charge in [0.1, 0.15) is 22.5 Å². The van der Waals surface area contributed by atoms with Crippen molar-refractivity contribution < 1.29 is 9.90 Å². The van der Waals surface area contributed by atoms with Crippen LogP contribution in [0.15, 0.2) is 59.7 Å². The molecule has 1 aliphatic carbocycles. The molecule has 1 spiro atoms. The number of fused-ring (bicyclic) bond motifs is 1. The number of carbonyl (C=O) groups is 1. The molecule has 4 aromatic rings. The number of hydrogen-bond donors (Lipinski definition) is 3. The third-order valence-corrected chi connectivity index (χ3v) is 7.13. The van der Waals surface area contributed by atoms with E-state index in [9.17, 15) is 14.7 Å². The Labute approximate surface area is 200 Å². The summed E-state index contributed by atoms with van der Waals surface area (Å²) in [6.07, 6.45) is 5.76. The number of aromatic nitrogens is 5. The van der Waals surface area contributed by atoms with E-state index in [2.05, 4.69) is 35.4 Å². The average Bonchev–Trinajstić information content (AvgIpc) is 3.59. The zero-order chi connectivity index (χ0) is 24.0. The first-order valence-corrected chi connectivity index (χ1v) is 11.5. The van der Waals surface area contributed by atoms with E-state index in [0.717, 1.165) is 43.7 Å². The summed E-state index contributed by atoms with van der Waals surface area (Å²) in [6.45, 7) is 1.59. The van der Waals surface area contributed by atoms with E-state index in [1.54, 1.807) is 6.20 Å². The first-order chi connectivity index (χ1) is 17.0. The van der Waals surface area contributed by atoms with Crippen molar-refractivity contribution >= 4 is 34.2 Å². The summed E-state index contributed by atoms with van der Waals surface area (Å²) in [4.78, 5) is 39.8. The Morgan fingerprint density at radius 1 is 1.09 bits per heavy atom. The molecule has 4 heterocycles. The monoisotopic (exact) mass is 469 g/mol. The molecule has 0 radical (unpaired) electrons. The number of piperidine rings is 1. The summed E-state index contributed by atoms with van der Waals surface area (Å²) in [5.74, 6) is 0.845. The molecule has 3 aromatic heterocycles. The molecule has 2 fully saturated rings. The van der Waals surface area contributed by atoms with Crippen molar-refractivity contribution in [1.82, 2.24) is 25.1 Å². The minimum atomic E-state index is -0.672. The number of H-pyrrole nitrogens is 1. The fourth-order valence-corrected chi connectivity index (χ4v) is 5.02. The van der Waals surface area contributed by atoms with Crippen LogP contribution in [0.5, 0.6) is 0 Å². The summed E-state index contributed by atoms with van der Waals surface area (Å²) in [6, 6.07) is 13.4. The van der Waals surface area contributed by atoms with Crippen LogP contribution in [0.1, 0.15) is 19.3 Å². The fraction of sp³-hybridized carbons (Fsp3) is 0.280. The van der Waals surface area contributed by atoms with Crippen molar-refractivity contribution in [3.8, 4) is 11.4 Å². The van der Waals surface area contributed by atoms with Gasteiger partial charge in [-0.3, -0.25) is 9.59 Å². The van der Waals surface area contributed by atoms with Gasteiger partial charge in [-0.1, -0.05) is 30.3 Å². The van der Waals surface area contributed by atoms with Gasteiger partial charge in [0, 0.05) is 18.7 Å². The van der Waals surface area contributed by atoms with Crippen molar-refractivity contribution in [2.45, 2.75) is 19.3 Å². The van der Waals surface area contributed by atoms with E-state index in [4.69, 9.17) is 0 Å². The smallest absolute Gasteiger partial charge is 0.307 e. The first kappa shape index (κ1) is 21.2. The lowest BCUT2D eigenvalue weighted by atomic mass is 9.91. The topological polar surface area (TPSA) is 137 Å². The number of carboxylic acid groups (broad SMARTS) is 1. The van der Waals surface area contributed by atoms with Crippen molar-refractivity contribution in [2.75, 3.05) is 23.3 Å². The molecule has 176 valence electrons. The lowest BCUT2D eigenvalue weighted by Crippen LogP contribution is -2.36. The van der Waals surface area contributed by atoms with Crippen LogP contribution in [0.3, 0.4) is 0 Å². The second-order valence-corrected chi connectivity index (χ2v) is 9.20. The highest BCUT2D eigenvalue weighted by Crippen LogP contribution is 2.59. The quantitative estimate of drug-likeness (QED) is 0.402. The van der Waals surface area contributed by atoms with E-state index in [-0.39, 0.29) is 16.9 Å². The third-order valence-electron chi connectivity index (χ3n) is 7.13. The van der Waals surface area contributed by atoms with Gasteiger partial charge in [-0.05, 0) is 36.8 Å². The summed E-state index contributed by atoms with van der Waals surface area (Å²) in [7, 11) is 0. The predicted molar refractivity (Wildman–Crippen MR) is 131 cm³/mol. The highest BCUT2D eigenvalue weighted by atomic mass is 16.4. The number of hydrogen-bond acceptors (Lipinski definition) is 8. The number of rotatable bonds is 5. The molecule has 1 aliphatic heterocycles. The molecule has 10 heteroatoms. The Kier molecular flexibility index (Phi) is 4.94. The van der Waals surface area contributed by atoms with E-state index >= 15 is 0 Å². The fourth-order valence-electron chi connectivity index (χ4n) is 5.02. The van der Waals surface area contributed by atoms with Gasteiger partial charge in [-0.2, -0.15) is 5.10 Å². The molecule has 10 nitrogen and oxygen atoms in total. The highest BCUT2D eigenvalue weighted by molar-refractivity contribution is 5.91. The summed E-state index contributed by atoms with van der Waals surface area (Å²) in [5.41, 5.74) is 1.56. The highest BCUT2D eigenvalue weighted by Gasteiger charge is 2.58. The molecule has 1 saturated heterocycles. The van der Waals surface area contributed by atoms with Crippen LogP contribution in [-0.2, 0) is 4.79 Å². The summed E-state index contributed by atoms with van der Waals surface area (Å²) in [5, 5.41) is 19.2. The number of aromatic amines is 1. The second-order valence-electron chi connectivity index (χ2n) is 9.20. The van der Waals surface area contributed by atoms with Crippen LogP contribution in [0.4, 0.5) is 17.3 Å². The van der Waals surface area contributed by atoms with Crippen LogP contribution < -0.4 is 15.8 Å². The Morgan fingerprint density at radius 3 is 2.57 bits per heavy atom. The normalized spacial score (nSPS) is 18.5. The molecule has 3 N–H and O–H groups in total. The number of nitrogens with one attached hydrogen (secondary N) is 2. The van der Waals surface area contributed by atoms with E-state index in [1.807, 2.05) is 42.5 Å². The molecular weight excluding hydrogens is 446 g/mol. The Hall–Kier alpha value is -4.34. The molecule has 1 saturated carbocycles. The number of nitrogens with zero attached hydrogens (tertiary/aromatic N) is 5. The third kappa shape index (κ3) is 3.86. The van der Waals surface area contributed by atoms with Gasteiger partial charge in [-0.25, -0.2) is 20.1 Å². The molecule has 6 rings (SSSR count). The molecule has 1 unspecified atom stereocenters. The van der Waals surface area contributed by atoms with Gasteiger partial charge < -0.3 is 15.3 Å². The van der Waals surface area contributed by atoms with Gasteiger partial charge in [0.2, 0.25) is 0 Å². The SMILES string of the molecule is O=C(O)C1CC12CCN(c1ccc(Nc3nc(-c4ccccc4)nc4cn[nH]c(=O)c34)cn1)CC2. The van der Waals surface area contributed by atoms with Gasteiger partial charge >= 0.3 is 5.97 Å². The van der Waals surface area contributed by atoms with Crippen LogP contribution in [0.2, 0.25) is 0 Å². The summed E-state index contributed by atoms with van der Waals surface area (Å²) < 4.78 is 0. The minimum Gasteiger partial charge on any atom is -0.481 e. The molecule has 1 atom stereocenters. The number of aliphatic carboxylic acids is 1. The van der Waals surface area contributed by atoms with Gasteiger partial charge in [0.05, 0.1) is 24.0 Å². The standard InChI is InChI=1S/C25H23N7O3/c33-23-20-18(14-27-31-23)29-21(15-4-2-1-3-5-15)30-22(20)28-16-6-7-19(26-13-16)32-10-8-25(9-11-32)12-17(25)24(34)35/h1-7,13-14,17H,8-12H2,(H,31,33)(H,34,35)(H,28,29,30). The molecule has 0 bridgehead atoms. The van der Waals surface area contributed by atoms with Gasteiger partial charge in [0.15, 0.2) is 5.82 Å².